The normalized spacial score (nSPS) is 15.8. The van der Waals surface area contributed by atoms with Crippen molar-refractivity contribution < 1.29 is 23.9 Å². The summed E-state index contributed by atoms with van der Waals surface area (Å²) in [4.78, 5) is 39.0. The maximum atomic E-state index is 13.0. The van der Waals surface area contributed by atoms with Crippen LogP contribution in [-0.2, 0) is 19.1 Å². The van der Waals surface area contributed by atoms with Gasteiger partial charge in [-0.15, -0.1) is 0 Å². The zero-order chi connectivity index (χ0) is 23.4. The smallest absolute Gasteiger partial charge is 0.355 e. The summed E-state index contributed by atoms with van der Waals surface area (Å²) in [6.07, 6.45) is 0.609. The van der Waals surface area contributed by atoms with Crippen molar-refractivity contribution in [3.63, 3.8) is 0 Å². The Hall–Kier alpha value is -4.38. The molecule has 0 aliphatic carbocycles. The maximum absolute atomic E-state index is 13.0. The molecular weight excluding hydrogens is 410 g/mol. The fraction of sp³-hybridized carbons (Fsp3) is 0.167. The van der Waals surface area contributed by atoms with Crippen LogP contribution < -0.4 is 10.6 Å². The minimum Gasteiger partial charge on any atom is -0.466 e. The quantitative estimate of drug-likeness (QED) is 0.566. The summed E-state index contributed by atoms with van der Waals surface area (Å²) in [5.74, 6) is -2.77. The number of nitrogens with two attached hydrogens (primary N) is 1. The first kappa shape index (κ1) is 22.3. The van der Waals surface area contributed by atoms with Gasteiger partial charge in [-0.1, -0.05) is 42.0 Å². The molecule has 162 valence electrons. The summed E-state index contributed by atoms with van der Waals surface area (Å²) < 4.78 is 9.95. The number of carbonyl (C=O) groups is 3. The summed E-state index contributed by atoms with van der Waals surface area (Å²) in [5.41, 5.74) is 7.91. The number of ether oxygens (including phenoxy) is 2. The highest BCUT2D eigenvalue weighted by atomic mass is 16.5. The van der Waals surface area contributed by atoms with E-state index in [1.807, 2.05) is 0 Å². The zero-order valence-electron chi connectivity index (χ0n) is 17.8. The molecule has 8 nitrogen and oxygen atoms in total. The summed E-state index contributed by atoms with van der Waals surface area (Å²) in [6, 6.07) is 15.7. The van der Waals surface area contributed by atoms with Crippen molar-refractivity contribution in [3.05, 3.63) is 87.9 Å². The number of esters is 2. The largest absolute Gasteiger partial charge is 0.466 e. The van der Waals surface area contributed by atoms with Crippen LogP contribution in [0.5, 0.6) is 0 Å². The third-order valence-electron chi connectivity index (χ3n) is 5.16. The predicted molar refractivity (Wildman–Crippen MR) is 116 cm³/mol. The van der Waals surface area contributed by atoms with E-state index in [0.29, 0.717) is 11.8 Å². The van der Waals surface area contributed by atoms with E-state index in [4.69, 9.17) is 15.2 Å². The van der Waals surface area contributed by atoms with Gasteiger partial charge in [-0.2, -0.15) is 5.26 Å². The SMILES string of the molecule is COC(=O)C1=C(C(=O)OC)N(c2ccc(C)cc2C=O)C(N)=C(C#N)C1c1ccccc1. The molecule has 0 spiro atoms. The van der Waals surface area contributed by atoms with Gasteiger partial charge in [-0.25, -0.2) is 9.59 Å². The second kappa shape index (κ2) is 9.18. The van der Waals surface area contributed by atoms with Crippen LogP contribution in [0, 0.1) is 18.3 Å². The number of benzene rings is 2. The van der Waals surface area contributed by atoms with Crippen LogP contribution in [0.15, 0.2) is 71.2 Å². The molecule has 2 aromatic rings. The third kappa shape index (κ3) is 3.72. The van der Waals surface area contributed by atoms with Gasteiger partial charge in [0, 0.05) is 5.56 Å². The molecule has 0 fully saturated rings. The van der Waals surface area contributed by atoms with Gasteiger partial charge in [0.2, 0.25) is 0 Å². The molecule has 0 aromatic heterocycles. The van der Waals surface area contributed by atoms with Gasteiger partial charge in [-0.05, 0) is 24.6 Å². The fourth-order valence-corrected chi connectivity index (χ4v) is 3.74. The first-order chi connectivity index (χ1) is 15.4. The minimum absolute atomic E-state index is 0.0293. The van der Waals surface area contributed by atoms with Crippen molar-refractivity contribution in [1.29, 1.82) is 5.26 Å². The van der Waals surface area contributed by atoms with Crippen molar-refractivity contribution in [2.24, 2.45) is 5.73 Å². The number of rotatable bonds is 5. The van der Waals surface area contributed by atoms with Gasteiger partial charge in [0.15, 0.2) is 6.29 Å². The molecule has 1 aliphatic heterocycles. The molecule has 0 saturated heterocycles. The molecule has 0 radical (unpaired) electrons. The highest BCUT2D eigenvalue weighted by molar-refractivity contribution is 6.07. The van der Waals surface area contributed by atoms with E-state index in [-0.39, 0.29) is 33.9 Å². The van der Waals surface area contributed by atoms with E-state index < -0.39 is 17.9 Å². The monoisotopic (exact) mass is 431 g/mol. The van der Waals surface area contributed by atoms with Gasteiger partial charge in [0.1, 0.15) is 11.5 Å². The molecule has 0 amide bonds. The Labute approximate surface area is 185 Å². The van der Waals surface area contributed by atoms with E-state index >= 15 is 0 Å². The van der Waals surface area contributed by atoms with Gasteiger partial charge < -0.3 is 15.2 Å². The lowest BCUT2D eigenvalue weighted by molar-refractivity contribution is -0.139. The molecule has 2 N–H and O–H groups in total. The molecule has 1 aliphatic rings. The molecule has 0 saturated carbocycles. The van der Waals surface area contributed by atoms with Crippen molar-refractivity contribution in [2.75, 3.05) is 19.1 Å². The van der Waals surface area contributed by atoms with E-state index in [1.165, 1.54) is 12.0 Å². The molecule has 1 atom stereocenters. The lowest BCUT2D eigenvalue weighted by Crippen LogP contribution is -2.41. The fourth-order valence-electron chi connectivity index (χ4n) is 3.74. The number of allylic oxidation sites excluding steroid dienone is 1. The number of nitriles is 1. The molecule has 2 aromatic carbocycles. The van der Waals surface area contributed by atoms with Gasteiger partial charge in [0.05, 0.1) is 43.0 Å². The number of aryl methyl sites for hydroxylation is 1. The first-order valence-electron chi connectivity index (χ1n) is 9.61. The standard InChI is InChI=1S/C24H21N3O5/c1-14-9-10-18(16(11-14)13-28)27-21(24(30)32-3)20(23(29)31-2)19(17(12-25)22(27)26)15-7-5-4-6-8-15/h4-11,13,19H,26H2,1-3H3. The molecule has 32 heavy (non-hydrogen) atoms. The van der Waals surface area contributed by atoms with Crippen molar-refractivity contribution in [2.45, 2.75) is 12.8 Å². The number of hydrogen-bond donors (Lipinski definition) is 1. The highest BCUT2D eigenvalue weighted by Gasteiger charge is 2.43. The number of anilines is 1. The predicted octanol–water partition coefficient (Wildman–Crippen LogP) is 2.71. The van der Waals surface area contributed by atoms with Crippen LogP contribution in [-0.4, -0.2) is 32.4 Å². The Kier molecular flexibility index (Phi) is 6.40. The molecule has 1 heterocycles. The Bertz CT molecular complexity index is 1190. The zero-order valence-corrected chi connectivity index (χ0v) is 17.8. The van der Waals surface area contributed by atoms with Crippen molar-refractivity contribution in [1.82, 2.24) is 0 Å². The third-order valence-corrected chi connectivity index (χ3v) is 5.16. The van der Waals surface area contributed by atoms with Crippen LogP contribution in [0.4, 0.5) is 5.69 Å². The van der Waals surface area contributed by atoms with Gasteiger partial charge in [-0.3, -0.25) is 9.69 Å². The van der Waals surface area contributed by atoms with E-state index in [1.54, 1.807) is 55.5 Å². The van der Waals surface area contributed by atoms with Crippen molar-refractivity contribution in [3.8, 4) is 6.07 Å². The second-order valence-electron chi connectivity index (χ2n) is 7.02. The number of methoxy groups -OCH3 is 2. The average Bonchev–Trinajstić information content (AvgIpc) is 2.82. The molecule has 8 heteroatoms. The number of hydrogen-bond acceptors (Lipinski definition) is 8. The topological polar surface area (TPSA) is 123 Å². The number of carbonyl (C=O) groups excluding carboxylic acids is 3. The van der Waals surface area contributed by atoms with Crippen LogP contribution in [0.2, 0.25) is 0 Å². The lowest BCUT2D eigenvalue weighted by Gasteiger charge is -2.36. The Morgan fingerprint density at radius 1 is 1.09 bits per heavy atom. The molecule has 3 rings (SSSR count). The second-order valence-corrected chi connectivity index (χ2v) is 7.02. The van der Waals surface area contributed by atoms with Crippen LogP contribution in [0.25, 0.3) is 0 Å². The maximum Gasteiger partial charge on any atom is 0.355 e. The molecule has 1 unspecified atom stereocenters. The Morgan fingerprint density at radius 2 is 1.75 bits per heavy atom. The Balaban J connectivity index is 2.46. The number of nitrogens with zero attached hydrogens (tertiary/aromatic N) is 2. The van der Waals surface area contributed by atoms with E-state index in [9.17, 15) is 19.6 Å². The minimum atomic E-state index is -0.968. The summed E-state index contributed by atoms with van der Waals surface area (Å²) in [6.45, 7) is 1.80. The average molecular weight is 431 g/mol. The van der Waals surface area contributed by atoms with E-state index in [2.05, 4.69) is 6.07 Å². The van der Waals surface area contributed by atoms with Gasteiger partial charge >= 0.3 is 11.9 Å². The van der Waals surface area contributed by atoms with Crippen LogP contribution in [0.1, 0.15) is 27.4 Å². The lowest BCUT2D eigenvalue weighted by atomic mass is 9.80. The first-order valence-corrected chi connectivity index (χ1v) is 9.61. The van der Waals surface area contributed by atoms with Crippen LogP contribution >= 0.6 is 0 Å². The van der Waals surface area contributed by atoms with E-state index in [0.717, 1.165) is 12.7 Å². The van der Waals surface area contributed by atoms with Crippen LogP contribution in [0.3, 0.4) is 0 Å². The number of aldehydes is 1. The van der Waals surface area contributed by atoms with Crippen molar-refractivity contribution >= 4 is 23.9 Å². The molecule has 0 bridgehead atoms. The summed E-state index contributed by atoms with van der Waals surface area (Å²) in [5, 5.41) is 10.0. The van der Waals surface area contributed by atoms with Gasteiger partial charge in [0.25, 0.3) is 0 Å². The summed E-state index contributed by atoms with van der Waals surface area (Å²) in [7, 11) is 2.34. The Morgan fingerprint density at radius 3 is 2.31 bits per heavy atom. The highest BCUT2D eigenvalue weighted by Crippen LogP contribution is 2.43. The molecular formula is C24H21N3O5. The summed E-state index contributed by atoms with van der Waals surface area (Å²) >= 11 is 0.